The van der Waals surface area contributed by atoms with Crippen molar-refractivity contribution in [2.75, 3.05) is 49.6 Å². The maximum absolute atomic E-state index is 12.6. The number of nitrogens with one attached hydrogen (secondary N) is 3. The number of aromatic nitrogens is 3. The van der Waals surface area contributed by atoms with E-state index in [4.69, 9.17) is 14.3 Å². The minimum Gasteiger partial charge on any atom is -0.481 e. The number of carbonyl (C=O) groups is 1. The van der Waals surface area contributed by atoms with Crippen LogP contribution >= 0.6 is 0 Å². The second-order valence-electron chi connectivity index (χ2n) is 6.71. The molecule has 1 unspecified atom stereocenters. The fourth-order valence-electron chi connectivity index (χ4n) is 2.89. The van der Waals surface area contributed by atoms with E-state index in [9.17, 15) is 9.00 Å². The Hall–Kier alpha value is -3.97. The van der Waals surface area contributed by atoms with Gasteiger partial charge < -0.3 is 20.1 Å². The first-order chi connectivity index (χ1) is 16.4. The molecular weight excluding hydrogens is 462 g/mol. The van der Waals surface area contributed by atoms with Crippen molar-refractivity contribution in [3.05, 3.63) is 48.3 Å². The molecule has 0 aliphatic carbocycles. The largest absolute Gasteiger partial charge is 0.481 e. The number of hydrogen-bond acceptors (Lipinski definition) is 10. The van der Waals surface area contributed by atoms with Crippen LogP contribution in [0.4, 0.5) is 28.7 Å². The van der Waals surface area contributed by atoms with Gasteiger partial charge in [0, 0.05) is 37.8 Å². The molecule has 3 aromatic rings. The number of nitrogens with zero attached hydrogens (tertiary/aromatic N) is 4. The quantitative estimate of drug-likeness (QED) is 0.365. The van der Waals surface area contributed by atoms with Crippen molar-refractivity contribution in [3.8, 4) is 11.8 Å². The molecule has 0 aliphatic heterocycles. The van der Waals surface area contributed by atoms with Crippen molar-refractivity contribution >= 4 is 45.6 Å². The van der Waals surface area contributed by atoms with Crippen molar-refractivity contribution in [2.24, 2.45) is 0 Å². The summed E-state index contributed by atoms with van der Waals surface area (Å²) in [6.07, 6.45) is 4.52. The van der Waals surface area contributed by atoms with Crippen LogP contribution in [0.25, 0.3) is 0 Å². The van der Waals surface area contributed by atoms with Gasteiger partial charge in [0.05, 0.1) is 38.3 Å². The summed E-state index contributed by atoms with van der Waals surface area (Å²) < 4.78 is 24.1. The topological polar surface area (TPSA) is 140 Å². The molecule has 0 spiro atoms. The number of hydrogen-bond donors (Lipinski definition) is 3. The van der Waals surface area contributed by atoms with Crippen LogP contribution in [0.5, 0.6) is 11.8 Å². The van der Waals surface area contributed by atoms with E-state index in [-0.39, 0.29) is 5.56 Å². The Morgan fingerprint density at radius 3 is 2.50 bits per heavy atom. The molecule has 3 heterocycles. The van der Waals surface area contributed by atoms with E-state index < -0.39 is 16.9 Å². The van der Waals surface area contributed by atoms with E-state index in [0.29, 0.717) is 40.5 Å². The summed E-state index contributed by atoms with van der Waals surface area (Å²) in [5.41, 5.74) is 3.95. The molecule has 0 radical (unpaired) electrons. The lowest BCUT2D eigenvalue weighted by Crippen LogP contribution is -2.24. The predicted octanol–water partition coefficient (Wildman–Crippen LogP) is 2.40. The van der Waals surface area contributed by atoms with Gasteiger partial charge in [-0.15, -0.1) is 0 Å². The van der Waals surface area contributed by atoms with Crippen molar-refractivity contribution in [1.29, 1.82) is 0 Å². The van der Waals surface area contributed by atoms with Crippen molar-refractivity contribution in [1.82, 2.24) is 20.4 Å². The van der Waals surface area contributed by atoms with E-state index in [1.165, 1.54) is 38.1 Å². The van der Waals surface area contributed by atoms with Gasteiger partial charge in [-0.3, -0.25) is 13.9 Å². The van der Waals surface area contributed by atoms with Gasteiger partial charge in [0.2, 0.25) is 11.8 Å². The molecule has 34 heavy (non-hydrogen) atoms. The standard InChI is InChI=1S/C21H25N7O5S/c1-28(34(5)30)19-14(8-9-18(26-19)31-2)24-16-11-17(23-12-13(16)20(29)27-33-4)25-15-7-6-10-22-21(15)32-3/h6-12H,1-5H3,(H,27,29)(H2,23,24,25). The van der Waals surface area contributed by atoms with E-state index >= 15 is 0 Å². The van der Waals surface area contributed by atoms with Gasteiger partial charge in [0.25, 0.3) is 5.91 Å². The fourth-order valence-corrected chi connectivity index (χ4v) is 3.27. The summed E-state index contributed by atoms with van der Waals surface area (Å²) in [5, 5.41) is 6.31. The Labute approximate surface area is 199 Å². The molecule has 0 saturated carbocycles. The number of pyridine rings is 3. The molecule has 3 aromatic heterocycles. The van der Waals surface area contributed by atoms with Gasteiger partial charge in [0.15, 0.2) is 5.82 Å². The first-order valence-electron chi connectivity index (χ1n) is 9.86. The van der Waals surface area contributed by atoms with Gasteiger partial charge in [-0.1, -0.05) is 0 Å². The molecule has 0 aromatic carbocycles. The molecule has 3 N–H and O–H groups in total. The van der Waals surface area contributed by atoms with Crippen LogP contribution in [-0.2, 0) is 15.8 Å². The first-order valence-corrected chi connectivity index (χ1v) is 11.4. The van der Waals surface area contributed by atoms with Gasteiger partial charge >= 0.3 is 0 Å². The summed E-state index contributed by atoms with van der Waals surface area (Å²) in [7, 11) is 4.61. The molecule has 0 bridgehead atoms. The highest BCUT2D eigenvalue weighted by Gasteiger charge is 2.19. The van der Waals surface area contributed by atoms with E-state index in [1.807, 2.05) is 0 Å². The third kappa shape index (κ3) is 5.68. The fraction of sp³-hybridized carbons (Fsp3) is 0.238. The van der Waals surface area contributed by atoms with Crippen LogP contribution < -0.4 is 29.9 Å². The zero-order valence-electron chi connectivity index (χ0n) is 19.3. The maximum Gasteiger partial charge on any atom is 0.278 e. The van der Waals surface area contributed by atoms with Gasteiger partial charge in [0.1, 0.15) is 22.5 Å². The van der Waals surface area contributed by atoms with Crippen LogP contribution in [-0.4, -0.2) is 59.7 Å². The van der Waals surface area contributed by atoms with Crippen LogP contribution in [0, 0.1) is 0 Å². The SMILES string of the molecule is CONC(=O)c1cnc(Nc2cccnc2OC)cc1Nc1ccc(OC)nc1N(C)S(C)=O. The number of hydroxylamine groups is 1. The Morgan fingerprint density at radius 1 is 1.03 bits per heavy atom. The summed E-state index contributed by atoms with van der Waals surface area (Å²) in [5.74, 6) is 0.986. The van der Waals surface area contributed by atoms with Gasteiger partial charge in [-0.25, -0.2) is 19.7 Å². The van der Waals surface area contributed by atoms with Gasteiger partial charge in [-0.05, 0) is 18.2 Å². The number of methoxy groups -OCH3 is 2. The Morgan fingerprint density at radius 2 is 1.82 bits per heavy atom. The molecule has 1 amide bonds. The number of carbonyl (C=O) groups excluding carboxylic acids is 1. The number of amides is 1. The van der Waals surface area contributed by atoms with Crippen molar-refractivity contribution < 1.29 is 23.3 Å². The highest BCUT2D eigenvalue weighted by Crippen LogP contribution is 2.32. The average Bonchev–Trinajstić information content (AvgIpc) is 2.84. The second kappa shape index (κ2) is 11.2. The smallest absolute Gasteiger partial charge is 0.278 e. The third-order valence-electron chi connectivity index (χ3n) is 4.58. The van der Waals surface area contributed by atoms with Crippen LogP contribution in [0.3, 0.4) is 0 Å². The minimum absolute atomic E-state index is 0.201. The first kappa shape index (κ1) is 24.7. The predicted molar refractivity (Wildman–Crippen MR) is 129 cm³/mol. The molecule has 13 heteroatoms. The molecule has 180 valence electrons. The van der Waals surface area contributed by atoms with E-state index in [1.54, 1.807) is 43.6 Å². The maximum atomic E-state index is 12.6. The van der Waals surface area contributed by atoms with Crippen LogP contribution in [0.15, 0.2) is 42.7 Å². The van der Waals surface area contributed by atoms with Crippen molar-refractivity contribution in [3.63, 3.8) is 0 Å². The summed E-state index contributed by atoms with van der Waals surface area (Å²) in [6.45, 7) is 0. The Balaban J connectivity index is 2.05. The van der Waals surface area contributed by atoms with Gasteiger partial charge in [-0.2, -0.15) is 4.98 Å². The lowest BCUT2D eigenvalue weighted by molar-refractivity contribution is 0.0538. The Kier molecular flexibility index (Phi) is 8.16. The lowest BCUT2D eigenvalue weighted by Gasteiger charge is -2.21. The minimum atomic E-state index is -1.36. The monoisotopic (exact) mass is 487 g/mol. The molecule has 3 rings (SSSR count). The summed E-state index contributed by atoms with van der Waals surface area (Å²) in [6, 6.07) is 8.52. The highest BCUT2D eigenvalue weighted by atomic mass is 32.2. The molecule has 0 aliphatic rings. The molecule has 0 fully saturated rings. The van der Waals surface area contributed by atoms with E-state index in [0.717, 1.165) is 0 Å². The normalized spacial score (nSPS) is 11.3. The van der Waals surface area contributed by atoms with E-state index in [2.05, 4.69) is 31.1 Å². The molecular formula is C21H25N7O5S. The molecule has 0 saturated heterocycles. The van der Waals surface area contributed by atoms with Crippen LogP contribution in [0.2, 0.25) is 0 Å². The Bertz CT molecular complexity index is 1190. The zero-order valence-corrected chi connectivity index (χ0v) is 20.1. The number of rotatable bonds is 10. The lowest BCUT2D eigenvalue weighted by atomic mass is 10.2. The summed E-state index contributed by atoms with van der Waals surface area (Å²) in [4.78, 5) is 30.2. The second-order valence-corrected chi connectivity index (χ2v) is 8.10. The average molecular weight is 488 g/mol. The molecule has 1 atom stereocenters. The number of ether oxygens (including phenoxy) is 2. The van der Waals surface area contributed by atoms with Crippen LogP contribution in [0.1, 0.15) is 10.4 Å². The van der Waals surface area contributed by atoms with Crippen molar-refractivity contribution in [2.45, 2.75) is 0 Å². The summed E-state index contributed by atoms with van der Waals surface area (Å²) >= 11 is 0. The number of anilines is 5. The zero-order chi connectivity index (χ0) is 24.7. The molecule has 12 nitrogen and oxygen atoms in total. The highest BCUT2D eigenvalue weighted by molar-refractivity contribution is 7.85. The third-order valence-corrected chi connectivity index (χ3v) is 5.53.